The van der Waals surface area contributed by atoms with E-state index < -0.39 is 21.7 Å². The molecule has 1 N–H and O–H groups in total. The van der Waals surface area contributed by atoms with E-state index in [1.54, 1.807) is 31.2 Å². The minimum absolute atomic E-state index is 0.0664. The van der Waals surface area contributed by atoms with Gasteiger partial charge < -0.3 is 10.1 Å². The highest BCUT2D eigenvalue weighted by Gasteiger charge is 2.25. The average Bonchev–Trinajstić information content (AvgIpc) is 2.62. The molecular weight excluding hydrogens is 359 g/mol. The van der Waals surface area contributed by atoms with Gasteiger partial charge in [-0.1, -0.05) is 19.1 Å². The quantitative estimate of drug-likeness (QED) is 0.764. The van der Waals surface area contributed by atoms with E-state index in [-0.39, 0.29) is 18.0 Å². The fraction of sp³-hybridized carbons (Fsp3) is 0.278. The number of sulfonamides is 1. The Morgan fingerprint density at radius 2 is 1.77 bits per heavy atom. The third-order valence-electron chi connectivity index (χ3n) is 3.59. The number of rotatable bonds is 8. The van der Waals surface area contributed by atoms with Crippen molar-refractivity contribution in [2.75, 3.05) is 25.0 Å². The molecule has 0 bridgehead atoms. The molecule has 1 amide bonds. The van der Waals surface area contributed by atoms with Gasteiger partial charge in [0.15, 0.2) is 0 Å². The molecule has 0 aliphatic heterocycles. The van der Waals surface area contributed by atoms with Crippen LogP contribution in [0.2, 0.25) is 0 Å². The first kappa shape index (κ1) is 19.9. The summed E-state index contributed by atoms with van der Waals surface area (Å²) in [6, 6.07) is 11.4. The molecule has 2 aromatic rings. The Balaban J connectivity index is 2.14. The molecule has 0 unspecified atom stereocenters. The van der Waals surface area contributed by atoms with Gasteiger partial charge in [-0.15, -0.1) is 0 Å². The van der Waals surface area contributed by atoms with Crippen LogP contribution >= 0.6 is 0 Å². The Hall–Kier alpha value is -2.45. The third-order valence-corrected chi connectivity index (χ3v) is 5.52. The summed E-state index contributed by atoms with van der Waals surface area (Å²) in [5.41, 5.74) is 0.467. The molecule has 0 atom stereocenters. The summed E-state index contributed by atoms with van der Waals surface area (Å²) in [6.45, 7) is 3.62. The highest BCUT2D eigenvalue weighted by Crippen LogP contribution is 2.24. The van der Waals surface area contributed by atoms with Crippen molar-refractivity contribution in [3.8, 4) is 5.75 Å². The molecular formula is C18H21FN2O4S. The number of carbonyl (C=O) groups is 1. The SMILES string of the molecule is CCOc1ccccc1NC(=O)CN(CC)S(=O)(=O)c1ccc(F)cc1. The van der Waals surface area contributed by atoms with Crippen molar-refractivity contribution in [3.63, 3.8) is 0 Å². The fourth-order valence-electron chi connectivity index (χ4n) is 2.32. The van der Waals surface area contributed by atoms with E-state index in [0.717, 1.165) is 16.4 Å². The zero-order valence-corrected chi connectivity index (χ0v) is 15.4. The molecule has 26 heavy (non-hydrogen) atoms. The van der Waals surface area contributed by atoms with Crippen LogP contribution in [-0.4, -0.2) is 38.3 Å². The van der Waals surface area contributed by atoms with Gasteiger partial charge in [-0.3, -0.25) is 4.79 Å². The van der Waals surface area contributed by atoms with Crippen LogP contribution in [0.4, 0.5) is 10.1 Å². The third kappa shape index (κ3) is 4.80. The maximum atomic E-state index is 13.0. The number of likely N-dealkylation sites (N-methyl/N-ethyl adjacent to an activating group) is 1. The number of benzene rings is 2. The first-order valence-corrected chi connectivity index (χ1v) is 9.59. The number of ether oxygens (including phenoxy) is 1. The molecule has 0 saturated carbocycles. The van der Waals surface area contributed by atoms with Gasteiger partial charge in [-0.05, 0) is 43.3 Å². The van der Waals surface area contributed by atoms with Crippen LogP contribution in [0, 0.1) is 5.82 Å². The summed E-state index contributed by atoms with van der Waals surface area (Å²) in [5, 5.41) is 2.66. The smallest absolute Gasteiger partial charge is 0.243 e. The Labute approximate surface area is 152 Å². The van der Waals surface area contributed by atoms with Gasteiger partial charge in [0, 0.05) is 6.54 Å². The standard InChI is InChI=1S/C18H21FN2O4S/c1-3-21(26(23,24)15-11-9-14(19)10-12-15)13-18(22)20-16-7-5-6-8-17(16)25-4-2/h5-12H,3-4,13H2,1-2H3,(H,20,22). The van der Waals surface area contributed by atoms with Crippen molar-refractivity contribution in [2.24, 2.45) is 0 Å². The van der Waals surface area contributed by atoms with Crippen molar-refractivity contribution in [1.82, 2.24) is 4.31 Å². The zero-order chi connectivity index (χ0) is 19.2. The molecule has 0 aliphatic carbocycles. The van der Waals surface area contributed by atoms with Crippen molar-refractivity contribution >= 4 is 21.6 Å². The number of halogens is 1. The lowest BCUT2D eigenvalue weighted by Crippen LogP contribution is -2.37. The van der Waals surface area contributed by atoms with Gasteiger partial charge >= 0.3 is 0 Å². The number of hydrogen-bond donors (Lipinski definition) is 1. The first-order chi connectivity index (χ1) is 12.4. The summed E-state index contributed by atoms with van der Waals surface area (Å²) in [5.74, 6) is -0.519. The van der Waals surface area contributed by atoms with Gasteiger partial charge in [0.2, 0.25) is 15.9 Å². The predicted octanol–water partition coefficient (Wildman–Crippen LogP) is 2.87. The van der Waals surface area contributed by atoms with Gasteiger partial charge in [-0.2, -0.15) is 4.31 Å². The van der Waals surface area contributed by atoms with E-state index in [2.05, 4.69) is 5.32 Å². The van der Waals surface area contributed by atoms with Crippen molar-refractivity contribution in [3.05, 3.63) is 54.3 Å². The van der Waals surface area contributed by atoms with Crippen LogP contribution in [0.15, 0.2) is 53.4 Å². The molecule has 0 fully saturated rings. The molecule has 8 heteroatoms. The van der Waals surface area contributed by atoms with E-state index in [0.29, 0.717) is 18.0 Å². The van der Waals surface area contributed by atoms with E-state index in [4.69, 9.17) is 4.74 Å². The lowest BCUT2D eigenvalue weighted by Gasteiger charge is -2.20. The Bertz CT molecular complexity index is 854. The Morgan fingerprint density at radius 1 is 1.12 bits per heavy atom. The number of amides is 1. The molecule has 0 heterocycles. The molecule has 0 aromatic heterocycles. The van der Waals surface area contributed by atoms with Crippen molar-refractivity contribution < 1.29 is 22.3 Å². The highest BCUT2D eigenvalue weighted by atomic mass is 32.2. The second kappa shape index (κ2) is 8.77. The number of hydrogen-bond acceptors (Lipinski definition) is 4. The molecule has 140 valence electrons. The summed E-state index contributed by atoms with van der Waals surface area (Å²) < 4.78 is 44.7. The number of nitrogens with one attached hydrogen (secondary N) is 1. The van der Waals surface area contributed by atoms with Crippen molar-refractivity contribution in [2.45, 2.75) is 18.7 Å². The maximum Gasteiger partial charge on any atom is 0.243 e. The highest BCUT2D eigenvalue weighted by molar-refractivity contribution is 7.89. The van der Waals surface area contributed by atoms with E-state index in [9.17, 15) is 17.6 Å². The second-order valence-electron chi connectivity index (χ2n) is 5.36. The molecule has 2 rings (SSSR count). The van der Waals surface area contributed by atoms with Crippen LogP contribution in [0.3, 0.4) is 0 Å². The minimum Gasteiger partial charge on any atom is -0.492 e. The van der Waals surface area contributed by atoms with E-state index in [1.165, 1.54) is 12.1 Å². The average molecular weight is 380 g/mol. The first-order valence-electron chi connectivity index (χ1n) is 8.15. The summed E-state index contributed by atoms with van der Waals surface area (Å²) in [4.78, 5) is 12.3. The van der Waals surface area contributed by atoms with Gasteiger partial charge in [0.25, 0.3) is 0 Å². The molecule has 0 saturated heterocycles. The summed E-state index contributed by atoms with van der Waals surface area (Å²) >= 11 is 0. The molecule has 0 aliphatic rings. The van der Waals surface area contributed by atoms with Crippen LogP contribution in [0.5, 0.6) is 5.75 Å². The van der Waals surface area contributed by atoms with Gasteiger partial charge in [0.05, 0.1) is 23.7 Å². The maximum absolute atomic E-state index is 13.0. The van der Waals surface area contributed by atoms with Crippen LogP contribution in [-0.2, 0) is 14.8 Å². The van der Waals surface area contributed by atoms with Gasteiger partial charge in [0.1, 0.15) is 11.6 Å². The van der Waals surface area contributed by atoms with E-state index in [1.807, 2.05) is 6.92 Å². The largest absolute Gasteiger partial charge is 0.492 e. The Morgan fingerprint density at radius 3 is 2.38 bits per heavy atom. The number of anilines is 1. The van der Waals surface area contributed by atoms with E-state index >= 15 is 0 Å². The van der Waals surface area contributed by atoms with Gasteiger partial charge in [-0.25, -0.2) is 12.8 Å². The monoisotopic (exact) mass is 380 g/mol. The number of carbonyl (C=O) groups excluding carboxylic acids is 1. The van der Waals surface area contributed by atoms with Crippen LogP contribution in [0.1, 0.15) is 13.8 Å². The fourth-order valence-corrected chi connectivity index (χ4v) is 3.73. The number of nitrogens with zero attached hydrogens (tertiary/aromatic N) is 1. The van der Waals surface area contributed by atoms with Crippen molar-refractivity contribution in [1.29, 1.82) is 0 Å². The number of para-hydroxylation sites is 2. The molecule has 0 spiro atoms. The summed E-state index contributed by atoms with van der Waals surface area (Å²) in [7, 11) is -3.90. The molecule has 2 aromatic carbocycles. The predicted molar refractivity (Wildman–Crippen MR) is 97.1 cm³/mol. The zero-order valence-electron chi connectivity index (χ0n) is 14.6. The second-order valence-corrected chi connectivity index (χ2v) is 7.30. The minimum atomic E-state index is -3.90. The molecule has 0 radical (unpaired) electrons. The Kier molecular flexibility index (Phi) is 6.70. The van der Waals surface area contributed by atoms with Crippen LogP contribution in [0.25, 0.3) is 0 Å². The topological polar surface area (TPSA) is 75.7 Å². The summed E-state index contributed by atoms with van der Waals surface area (Å²) in [6.07, 6.45) is 0. The normalized spacial score (nSPS) is 11.4. The lowest BCUT2D eigenvalue weighted by molar-refractivity contribution is -0.116. The lowest BCUT2D eigenvalue weighted by atomic mass is 10.3. The molecule has 6 nitrogen and oxygen atoms in total. The van der Waals surface area contributed by atoms with Crippen LogP contribution < -0.4 is 10.1 Å².